The first-order valence-corrected chi connectivity index (χ1v) is 6.89. The molecule has 0 radical (unpaired) electrons. The van der Waals surface area contributed by atoms with Crippen LogP contribution in [0.3, 0.4) is 0 Å². The molecule has 2 aromatic carbocycles. The van der Waals surface area contributed by atoms with Crippen LogP contribution in [0.5, 0.6) is 5.75 Å². The molecule has 110 valence electrons. The van der Waals surface area contributed by atoms with E-state index in [1.165, 1.54) is 0 Å². The predicted molar refractivity (Wildman–Crippen MR) is 83.1 cm³/mol. The molecule has 3 N–H and O–H groups in total. The van der Waals surface area contributed by atoms with Crippen molar-refractivity contribution in [1.29, 1.82) is 0 Å². The normalized spacial score (nSPS) is 11.7. The Hall–Kier alpha value is -2.33. The number of carbonyl (C=O) groups excluding carboxylic acids is 1. The number of hydrogen-bond donors (Lipinski definition) is 2. The number of ether oxygens (including phenoxy) is 1. The first kappa shape index (κ1) is 15.1. The van der Waals surface area contributed by atoms with E-state index in [1.807, 2.05) is 54.6 Å². The number of amides is 1. The van der Waals surface area contributed by atoms with Gasteiger partial charge in [-0.2, -0.15) is 0 Å². The molecule has 0 bridgehead atoms. The number of rotatable bonds is 6. The Morgan fingerprint density at radius 3 is 2.43 bits per heavy atom. The molecular formula is C17H20N2O2. The third-order valence-electron chi connectivity index (χ3n) is 3.27. The number of methoxy groups -OCH3 is 1. The van der Waals surface area contributed by atoms with Crippen molar-refractivity contribution >= 4 is 5.91 Å². The van der Waals surface area contributed by atoms with E-state index in [9.17, 15) is 4.79 Å². The Labute approximate surface area is 124 Å². The van der Waals surface area contributed by atoms with Gasteiger partial charge in [0.15, 0.2) is 0 Å². The fourth-order valence-corrected chi connectivity index (χ4v) is 2.03. The van der Waals surface area contributed by atoms with Crippen LogP contribution in [0.25, 0.3) is 0 Å². The van der Waals surface area contributed by atoms with Crippen molar-refractivity contribution in [3.8, 4) is 5.75 Å². The smallest absolute Gasteiger partial charge is 0.224 e. The van der Waals surface area contributed by atoms with E-state index in [1.54, 1.807) is 7.11 Å². The van der Waals surface area contributed by atoms with E-state index in [4.69, 9.17) is 10.5 Å². The highest BCUT2D eigenvalue weighted by molar-refractivity contribution is 5.78. The van der Waals surface area contributed by atoms with Crippen molar-refractivity contribution in [2.24, 2.45) is 5.73 Å². The SMILES string of the molecule is COc1ccc(CC(=O)NCC(N)c2ccccc2)cc1. The molecule has 1 atom stereocenters. The quantitative estimate of drug-likeness (QED) is 0.853. The molecule has 4 heteroatoms. The minimum absolute atomic E-state index is 0.0356. The lowest BCUT2D eigenvalue weighted by Crippen LogP contribution is -2.32. The van der Waals surface area contributed by atoms with Gasteiger partial charge in [-0.05, 0) is 23.3 Å². The van der Waals surface area contributed by atoms with Crippen LogP contribution in [-0.4, -0.2) is 19.6 Å². The van der Waals surface area contributed by atoms with E-state index in [2.05, 4.69) is 5.32 Å². The number of hydrogen-bond acceptors (Lipinski definition) is 3. The van der Waals surface area contributed by atoms with E-state index in [0.717, 1.165) is 16.9 Å². The second-order valence-electron chi connectivity index (χ2n) is 4.85. The number of carbonyl (C=O) groups is 1. The van der Waals surface area contributed by atoms with Crippen LogP contribution >= 0.6 is 0 Å². The topological polar surface area (TPSA) is 64.3 Å². The van der Waals surface area contributed by atoms with Crippen LogP contribution in [0.15, 0.2) is 54.6 Å². The highest BCUT2D eigenvalue weighted by Crippen LogP contribution is 2.12. The highest BCUT2D eigenvalue weighted by atomic mass is 16.5. The summed E-state index contributed by atoms with van der Waals surface area (Å²) in [7, 11) is 1.62. The van der Waals surface area contributed by atoms with Gasteiger partial charge >= 0.3 is 0 Å². The molecule has 1 amide bonds. The minimum atomic E-state index is -0.189. The zero-order chi connectivity index (χ0) is 15.1. The Morgan fingerprint density at radius 1 is 1.14 bits per heavy atom. The third-order valence-corrected chi connectivity index (χ3v) is 3.27. The van der Waals surface area contributed by atoms with Crippen molar-refractivity contribution in [1.82, 2.24) is 5.32 Å². The molecule has 2 rings (SSSR count). The van der Waals surface area contributed by atoms with E-state index in [0.29, 0.717) is 13.0 Å². The van der Waals surface area contributed by atoms with Crippen LogP contribution in [0, 0.1) is 0 Å². The Bertz CT molecular complexity index is 567. The highest BCUT2D eigenvalue weighted by Gasteiger charge is 2.08. The van der Waals surface area contributed by atoms with Crippen LogP contribution < -0.4 is 15.8 Å². The molecule has 4 nitrogen and oxygen atoms in total. The summed E-state index contributed by atoms with van der Waals surface area (Å²) >= 11 is 0. The second-order valence-corrected chi connectivity index (χ2v) is 4.85. The van der Waals surface area contributed by atoms with Crippen molar-refractivity contribution < 1.29 is 9.53 Å². The van der Waals surface area contributed by atoms with E-state index < -0.39 is 0 Å². The summed E-state index contributed by atoms with van der Waals surface area (Å²) in [6.45, 7) is 0.430. The molecule has 0 aliphatic rings. The molecule has 0 fully saturated rings. The van der Waals surface area contributed by atoms with Crippen molar-refractivity contribution in [2.75, 3.05) is 13.7 Å². The van der Waals surface area contributed by atoms with E-state index >= 15 is 0 Å². The lowest BCUT2D eigenvalue weighted by atomic mass is 10.1. The molecule has 0 aliphatic heterocycles. The second kappa shape index (κ2) is 7.45. The molecule has 0 saturated heterocycles. The number of nitrogens with two attached hydrogens (primary N) is 1. The first-order chi connectivity index (χ1) is 10.2. The van der Waals surface area contributed by atoms with Gasteiger partial charge < -0.3 is 15.8 Å². The van der Waals surface area contributed by atoms with Crippen molar-refractivity contribution in [3.05, 3.63) is 65.7 Å². The molecule has 0 aliphatic carbocycles. The molecule has 0 aromatic heterocycles. The van der Waals surface area contributed by atoms with Gasteiger partial charge in [-0.1, -0.05) is 42.5 Å². The van der Waals surface area contributed by atoms with Crippen LogP contribution in [0.4, 0.5) is 0 Å². The van der Waals surface area contributed by atoms with Gasteiger partial charge in [0.05, 0.1) is 13.5 Å². The summed E-state index contributed by atoms with van der Waals surface area (Å²) in [6.07, 6.45) is 0.339. The van der Waals surface area contributed by atoms with Gasteiger partial charge in [0.2, 0.25) is 5.91 Å². The fourth-order valence-electron chi connectivity index (χ4n) is 2.03. The molecule has 1 unspecified atom stereocenters. The zero-order valence-electron chi connectivity index (χ0n) is 12.1. The average Bonchev–Trinajstić information content (AvgIpc) is 2.54. The average molecular weight is 284 g/mol. The monoisotopic (exact) mass is 284 g/mol. The Kier molecular flexibility index (Phi) is 5.35. The fraction of sp³-hybridized carbons (Fsp3) is 0.235. The molecule has 0 spiro atoms. The molecule has 21 heavy (non-hydrogen) atoms. The Balaban J connectivity index is 1.81. The van der Waals surface area contributed by atoms with Gasteiger partial charge in [-0.15, -0.1) is 0 Å². The maximum atomic E-state index is 11.9. The molecule has 0 saturated carbocycles. The number of nitrogens with one attached hydrogen (secondary N) is 1. The van der Waals surface area contributed by atoms with Crippen molar-refractivity contribution in [2.45, 2.75) is 12.5 Å². The lowest BCUT2D eigenvalue weighted by molar-refractivity contribution is -0.120. The molecular weight excluding hydrogens is 264 g/mol. The summed E-state index contributed by atoms with van der Waals surface area (Å²) in [5, 5.41) is 2.86. The predicted octanol–water partition coefficient (Wildman–Crippen LogP) is 2.05. The van der Waals surface area contributed by atoms with Gasteiger partial charge in [0.1, 0.15) is 5.75 Å². The molecule has 2 aromatic rings. The summed E-state index contributed by atoms with van der Waals surface area (Å²) in [5.41, 5.74) is 8.01. The Morgan fingerprint density at radius 2 is 1.81 bits per heavy atom. The van der Waals surface area contributed by atoms with Crippen molar-refractivity contribution in [3.63, 3.8) is 0 Å². The van der Waals surface area contributed by atoms with Crippen LogP contribution in [-0.2, 0) is 11.2 Å². The minimum Gasteiger partial charge on any atom is -0.497 e. The van der Waals surface area contributed by atoms with Gasteiger partial charge in [-0.3, -0.25) is 4.79 Å². The lowest BCUT2D eigenvalue weighted by Gasteiger charge is -2.13. The van der Waals surface area contributed by atoms with Crippen LogP contribution in [0.2, 0.25) is 0 Å². The molecule has 0 heterocycles. The largest absolute Gasteiger partial charge is 0.497 e. The maximum Gasteiger partial charge on any atom is 0.224 e. The number of benzene rings is 2. The van der Waals surface area contributed by atoms with Gasteiger partial charge in [0, 0.05) is 12.6 Å². The zero-order valence-corrected chi connectivity index (χ0v) is 12.1. The van der Waals surface area contributed by atoms with Crippen LogP contribution in [0.1, 0.15) is 17.2 Å². The first-order valence-electron chi connectivity index (χ1n) is 6.89. The van der Waals surface area contributed by atoms with E-state index in [-0.39, 0.29) is 11.9 Å². The summed E-state index contributed by atoms with van der Waals surface area (Å²) < 4.78 is 5.09. The summed E-state index contributed by atoms with van der Waals surface area (Å²) in [4.78, 5) is 11.9. The summed E-state index contributed by atoms with van der Waals surface area (Å²) in [5.74, 6) is 0.747. The summed E-state index contributed by atoms with van der Waals surface area (Å²) in [6, 6.07) is 17.0. The standard InChI is InChI=1S/C17H20N2O2/c1-21-15-9-7-13(8-10-15)11-17(20)19-12-16(18)14-5-3-2-4-6-14/h2-10,16H,11-12,18H2,1H3,(H,19,20). The van der Waals surface area contributed by atoms with Gasteiger partial charge in [-0.25, -0.2) is 0 Å². The maximum absolute atomic E-state index is 11.9. The third kappa shape index (κ3) is 4.61. The van der Waals surface area contributed by atoms with Gasteiger partial charge in [0.25, 0.3) is 0 Å².